The second-order valence-electron chi connectivity index (χ2n) is 4.03. The number of pyridine rings is 1. The number of rotatable bonds is 3. The molecule has 4 heteroatoms. The lowest BCUT2D eigenvalue weighted by atomic mass is 9.99. The van der Waals surface area contributed by atoms with Crippen molar-refractivity contribution in [2.75, 3.05) is 0 Å². The van der Waals surface area contributed by atoms with Crippen LogP contribution in [0.3, 0.4) is 0 Å². The highest BCUT2D eigenvalue weighted by Gasteiger charge is 2.06. The van der Waals surface area contributed by atoms with E-state index in [0.29, 0.717) is 10.7 Å². The Hall–Kier alpha value is -2.13. The minimum atomic E-state index is 0.541. The Morgan fingerprint density at radius 3 is 2.37 bits per heavy atom. The number of nitrogens with zero attached hydrogens (tertiary/aromatic N) is 2. The summed E-state index contributed by atoms with van der Waals surface area (Å²) >= 11 is 5.88. The van der Waals surface area contributed by atoms with Gasteiger partial charge >= 0.3 is 0 Å². The minimum Gasteiger partial charge on any atom is -0.411 e. The van der Waals surface area contributed by atoms with Gasteiger partial charge in [0.25, 0.3) is 0 Å². The Morgan fingerprint density at radius 2 is 1.79 bits per heavy atom. The van der Waals surface area contributed by atoms with Gasteiger partial charge in [0.15, 0.2) is 0 Å². The Labute approximate surface area is 116 Å². The standard InChI is InChI=1S/C15H13ClN2O/c1-11(18-19)15(10-12-6-8-17-9-7-12)13-2-4-14(16)5-3-13/h2-10,19H,1H3/b15-10-,18-11+. The van der Waals surface area contributed by atoms with Crippen LogP contribution in [-0.4, -0.2) is 15.9 Å². The van der Waals surface area contributed by atoms with Crippen molar-refractivity contribution in [2.45, 2.75) is 6.92 Å². The van der Waals surface area contributed by atoms with Crippen LogP contribution in [0.25, 0.3) is 11.6 Å². The van der Waals surface area contributed by atoms with Gasteiger partial charge in [0.2, 0.25) is 0 Å². The van der Waals surface area contributed by atoms with Gasteiger partial charge in [-0.3, -0.25) is 4.98 Å². The van der Waals surface area contributed by atoms with Crippen LogP contribution in [0.2, 0.25) is 5.02 Å². The summed E-state index contributed by atoms with van der Waals surface area (Å²) in [5.74, 6) is 0. The van der Waals surface area contributed by atoms with Crippen molar-refractivity contribution >= 4 is 29.0 Å². The molecule has 0 atom stereocenters. The molecule has 3 nitrogen and oxygen atoms in total. The molecule has 96 valence electrons. The molecule has 2 rings (SSSR count). The molecule has 0 aliphatic heterocycles. The molecule has 1 heterocycles. The summed E-state index contributed by atoms with van der Waals surface area (Å²) in [5.41, 5.74) is 3.31. The number of oxime groups is 1. The van der Waals surface area contributed by atoms with Gasteiger partial charge in [0.05, 0.1) is 5.71 Å². The van der Waals surface area contributed by atoms with E-state index < -0.39 is 0 Å². The van der Waals surface area contributed by atoms with Crippen LogP contribution in [0.15, 0.2) is 53.9 Å². The largest absolute Gasteiger partial charge is 0.411 e. The number of hydrogen-bond donors (Lipinski definition) is 1. The molecule has 1 aromatic heterocycles. The second-order valence-corrected chi connectivity index (χ2v) is 4.47. The van der Waals surface area contributed by atoms with Crippen molar-refractivity contribution in [3.63, 3.8) is 0 Å². The van der Waals surface area contributed by atoms with Crippen molar-refractivity contribution in [1.82, 2.24) is 4.98 Å². The maximum Gasteiger partial charge on any atom is 0.0843 e. The molecule has 0 bridgehead atoms. The fourth-order valence-electron chi connectivity index (χ4n) is 1.71. The van der Waals surface area contributed by atoms with Crippen LogP contribution in [0, 0.1) is 0 Å². The van der Waals surface area contributed by atoms with E-state index in [9.17, 15) is 0 Å². The highest BCUT2D eigenvalue weighted by molar-refractivity contribution is 6.31. The summed E-state index contributed by atoms with van der Waals surface area (Å²) in [6, 6.07) is 11.2. The van der Waals surface area contributed by atoms with Crippen molar-refractivity contribution in [1.29, 1.82) is 0 Å². The molecule has 0 fully saturated rings. The van der Waals surface area contributed by atoms with Gasteiger partial charge in [-0.05, 0) is 48.4 Å². The zero-order chi connectivity index (χ0) is 13.7. The molecular weight excluding hydrogens is 260 g/mol. The molecule has 0 amide bonds. The van der Waals surface area contributed by atoms with E-state index in [4.69, 9.17) is 16.8 Å². The number of halogens is 1. The van der Waals surface area contributed by atoms with Gasteiger partial charge in [0.1, 0.15) is 0 Å². The first-order valence-electron chi connectivity index (χ1n) is 5.77. The molecule has 0 unspecified atom stereocenters. The Bertz CT molecular complexity index is 604. The van der Waals surface area contributed by atoms with E-state index in [1.807, 2.05) is 42.5 Å². The maximum absolute atomic E-state index is 9.01. The quantitative estimate of drug-likeness (QED) is 0.519. The van der Waals surface area contributed by atoms with Crippen LogP contribution in [-0.2, 0) is 0 Å². The van der Waals surface area contributed by atoms with Crippen molar-refractivity contribution in [3.8, 4) is 0 Å². The normalized spacial score (nSPS) is 12.5. The van der Waals surface area contributed by atoms with E-state index in [2.05, 4.69) is 10.1 Å². The second kappa shape index (κ2) is 6.16. The molecule has 0 radical (unpaired) electrons. The topological polar surface area (TPSA) is 45.5 Å². The fraction of sp³-hybridized carbons (Fsp3) is 0.0667. The molecule has 1 N–H and O–H groups in total. The number of aromatic nitrogens is 1. The fourth-order valence-corrected chi connectivity index (χ4v) is 1.83. The first-order valence-corrected chi connectivity index (χ1v) is 6.15. The molecule has 1 aromatic carbocycles. The average molecular weight is 273 g/mol. The third kappa shape index (κ3) is 3.42. The van der Waals surface area contributed by atoms with E-state index >= 15 is 0 Å². The van der Waals surface area contributed by atoms with E-state index in [1.165, 1.54) is 0 Å². The molecule has 0 saturated heterocycles. The lowest BCUT2D eigenvalue weighted by Crippen LogP contribution is -1.97. The van der Waals surface area contributed by atoms with Crippen molar-refractivity contribution < 1.29 is 5.21 Å². The highest BCUT2D eigenvalue weighted by Crippen LogP contribution is 2.21. The van der Waals surface area contributed by atoms with Gasteiger partial charge in [-0.15, -0.1) is 0 Å². The molecule has 0 aliphatic carbocycles. The van der Waals surface area contributed by atoms with Gasteiger partial charge in [-0.25, -0.2) is 0 Å². The maximum atomic E-state index is 9.01. The van der Waals surface area contributed by atoms with Gasteiger partial charge in [-0.2, -0.15) is 0 Å². The lowest BCUT2D eigenvalue weighted by Gasteiger charge is -2.07. The average Bonchev–Trinajstić information content (AvgIpc) is 2.46. The van der Waals surface area contributed by atoms with E-state index in [-0.39, 0.29) is 0 Å². The predicted octanol–water partition coefficient (Wildman–Crippen LogP) is 4.13. The predicted molar refractivity (Wildman–Crippen MR) is 78.5 cm³/mol. The molecule has 0 aliphatic rings. The molecular formula is C15H13ClN2O. The van der Waals surface area contributed by atoms with Gasteiger partial charge in [0, 0.05) is 23.0 Å². The zero-order valence-corrected chi connectivity index (χ0v) is 11.2. The van der Waals surface area contributed by atoms with Crippen LogP contribution >= 0.6 is 11.6 Å². The summed E-state index contributed by atoms with van der Waals surface area (Å²) in [5, 5.41) is 13.0. The van der Waals surface area contributed by atoms with Crippen molar-refractivity contribution in [3.05, 3.63) is 64.9 Å². The molecule has 0 saturated carbocycles. The Morgan fingerprint density at radius 1 is 1.16 bits per heavy atom. The molecule has 0 spiro atoms. The number of hydrogen-bond acceptors (Lipinski definition) is 3. The SMILES string of the molecule is CC(=N\O)/C(=C/c1ccncc1)c1ccc(Cl)cc1. The zero-order valence-electron chi connectivity index (χ0n) is 10.4. The van der Waals surface area contributed by atoms with Gasteiger partial charge < -0.3 is 5.21 Å². The molecule has 2 aromatic rings. The summed E-state index contributed by atoms with van der Waals surface area (Å²) in [4.78, 5) is 3.98. The summed E-state index contributed by atoms with van der Waals surface area (Å²) < 4.78 is 0. The Kier molecular flexibility index (Phi) is 4.31. The summed E-state index contributed by atoms with van der Waals surface area (Å²) in [7, 11) is 0. The van der Waals surface area contributed by atoms with E-state index in [0.717, 1.165) is 16.7 Å². The third-order valence-electron chi connectivity index (χ3n) is 2.71. The van der Waals surface area contributed by atoms with Crippen molar-refractivity contribution in [2.24, 2.45) is 5.16 Å². The number of allylic oxidation sites excluding steroid dienone is 1. The van der Waals surface area contributed by atoms with Gasteiger partial charge in [-0.1, -0.05) is 28.9 Å². The van der Waals surface area contributed by atoms with Crippen LogP contribution in [0.5, 0.6) is 0 Å². The highest BCUT2D eigenvalue weighted by atomic mass is 35.5. The summed E-state index contributed by atoms with van der Waals surface area (Å²) in [6.45, 7) is 1.75. The van der Waals surface area contributed by atoms with Crippen LogP contribution in [0.1, 0.15) is 18.1 Å². The first kappa shape index (κ1) is 13.3. The van der Waals surface area contributed by atoms with E-state index in [1.54, 1.807) is 19.3 Å². The lowest BCUT2D eigenvalue weighted by molar-refractivity contribution is 0.319. The first-order chi connectivity index (χ1) is 9.20. The van der Waals surface area contributed by atoms with Crippen LogP contribution in [0.4, 0.5) is 0 Å². The summed E-state index contributed by atoms with van der Waals surface area (Å²) in [6.07, 6.45) is 5.38. The minimum absolute atomic E-state index is 0.541. The Balaban J connectivity index is 2.48. The number of benzene rings is 1. The van der Waals surface area contributed by atoms with Crippen LogP contribution < -0.4 is 0 Å². The monoisotopic (exact) mass is 272 g/mol. The molecule has 19 heavy (non-hydrogen) atoms. The smallest absolute Gasteiger partial charge is 0.0843 e. The third-order valence-corrected chi connectivity index (χ3v) is 2.96.